The van der Waals surface area contributed by atoms with E-state index in [1.54, 1.807) is 0 Å². The molecule has 0 atom stereocenters. The van der Waals surface area contributed by atoms with Crippen molar-refractivity contribution < 1.29 is 9.59 Å². The largest absolute Gasteiger partial charge is 0.357 e. The predicted molar refractivity (Wildman–Crippen MR) is 130 cm³/mol. The number of carbonyl (C=O) groups is 2. The average molecular weight is 465 g/mol. The zero-order chi connectivity index (χ0) is 23.0. The van der Waals surface area contributed by atoms with Gasteiger partial charge in [-0.25, -0.2) is 4.99 Å². The number of likely N-dealkylation sites (tertiary alicyclic amines) is 1. The molecule has 0 unspecified atom stereocenters. The van der Waals surface area contributed by atoms with Gasteiger partial charge in [0.1, 0.15) is 17.7 Å². The fourth-order valence-corrected chi connectivity index (χ4v) is 5.70. The van der Waals surface area contributed by atoms with Crippen LogP contribution in [0.15, 0.2) is 16.2 Å². The van der Waals surface area contributed by atoms with Gasteiger partial charge in [-0.3, -0.25) is 14.5 Å². The topological polar surface area (TPSA) is 65.0 Å². The van der Waals surface area contributed by atoms with Gasteiger partial charge in [0.15, 0.2) is 0 Å². The van der Waals surface area contributed by atoms with Crippen LogP contribution in [0, 0.1) is 11.3 Å². The van der Waals surface area contributed by atoms with Crippen LogP contribution in [0.3, 0.4) is 0 Å². The quantitative estimate of drug-likeness (QED) is 0.423. The predicted octanol–water partition coefficient (Wildman–Crippen LogP) is 5.03. The molecule has 0 radical (unpaired) electrons. The van der Waals surface area contributed by atoms with E-state index in [9.17, 15) is 9.59 Å². The Kier molecular flexibility index (Phi) is 9.45. The zero-order valence-electron chi connectivity index (χ0n) is 20.0. The number of amidine groups is 1. The first-order valence-electron chi connectivity index (χ1n) is 12.6. The lowest BCUT2D eigenvalue weighted by atomic mass is 9.84. The van der Waals surface area contributed by atoms with E-state index in [0.29, 0.717) is 24.8 Å². The lowest BCUT2D eigenvalue weighted by molar-refractivity contribution is -0.145. The highest BCUT2D eigenvalue weighted by atomic mass is 35.5. The monoisotopic (exact) mass is 464 g/mol. The average Bonchev–Trinajstić information content (AvgIpc) is 3.14. The van der Waals surface area contributed by atoms with E-state index in [4.69, 9.17) is 11.6 Å². The van der Waals surface area contributed by atoms with Crippen molar-refractivity contribution in [1.82, 2.24) is 15.1 Å². The highest BCUT2D eigenvalue weighted by Gasteiger charge is 2.33. The fourth-order valence-electron chi connectivity index (χ4n) is 5.54. The summed E-state index contributed by atoms with van der Waals surface area (Å²) in [7, 11) is 0. The molecule has 1 N–H and O–H groups in total. The molecular formula is C25H41ClN4O2. The summed E-state index contributed by atoms with van der Waals surface area (Å²) in [6, 6.07) is 0. The number of unbranched alkanes of at least 4 members (excludes halogenated alkanes) is 1. The van der Waals surface area contributed by atoms with Gasteiger partial charge < -0.3 is 10.2 Å². The molecule has 0 bridgehead atoms. The summed E-state index contributed by atoms with van der Waals surface area (Å²) in [6.07, 6.45) is 15.1. The van der Waals surface area contributed by atoms with E-state index in [-0.39, 0.29) is 17.2 Å². The summed E-state index contributed by atoms with van der Waals surface area (Å²) in [5.41, 5.74) is 0.0956. The second-order valence-electron chi connectivity index (χ2n) is 10.2. The summed E-state index contributed by atoms with van der Waals surface area (Å²) in [5, 5.41) is 3.69. The Balaban J connectivity index is 1.37. The zero-order valence-corrected chi connectivity index (χ0v) is 20.8. The number of nitrogens with one attached hydrogen (secondary N) is 1. The van der Waals surface area contributed by atoms with Crippen LogP contribution in [-0.4, -0.2) is 53.8 Å². The van der Waals surface area contributed by atoms with Crippen molar-refractivity contribution in [2.75, 3.05) is 26.3 Å². The molecule has 3 rings (SSSR count). The van der Waals surface area contributed by atoms with Gasteiger partial charge in [0, 0.05) is 39.1 Å². The van der Waals surface area contributed by atoms with Gasteiger partial charge in [-0.15, -0.1) is 0 Å². The van der Waals surface area contributed by atoms with Crippen LogP contribution in [0.5, 0.6) is 0 Å². The number of imide groups is 1. The van der Waals surface area contributed by atoms with E-state index < -0.39 is 0 Å². The summed E-state index contributed by atoms with van der Waals surface area (Å²) >= 11 is 6.10. The Hall–Kier alpha value is -1.56. The van der Waals surface area contributed by atoms with Crippen LogP contribution in [0.25, 0.3) is 0 Å². The lowest BCUT2D eigenvalue weighted by Gasteiger charge is -2.30. The number of amides is 2. The SMILES string of the molecule is CC(=O)N(CCCCC1CCCN(C2=NCNC(Cl)=C2)CCC1)C(=O)CC1(C)CCCC1. The number of nitrogens with zero attached hydrogens (tertiary/aromatic N) is 3. The van der Waals surface area contributed by atoms with Crippen LogP contribution < -0.4 is 5.32 Å². The molecule has 180 valence electrons. The van der Waals surface area contributed by atoms with E-state index in [1.165, 1.54) is 56.8 Å². The van der Waals surface area contributed by atoms with Crippen molar-refractivity contribution in [3.63, 3.8) is 0 Å². The molecule has 1 saturated heterocycles. The normalized spacial score (nSPS) is 21.8. The summed E-state index contributed by atoms with van der Waals surface area (Å²) in [4.78, 5) is 33.3. The second-order valence-corrected chi connectivity index (χ2v) is 10.6. The summed E-state index contributed by atoms with van der Waals surface area (Å²) < 4.78 is 0. The van der Waals surface area contributed by atoms with Crippen molar-refractivity contribution >= 4 is 29.3 Å². The molecule has 7 heteroatoms. The maximum absolute atomic E-state index is 12.8. The van der Waals surface area contributed by atoms with Gasteiger partial charge in [0.05, 0.1) is 0 Å². The van der Waals surface area contributed by atoms with Crippen LogP contribution in [-0.2, 0) is 9.59 Å². The van der Waals surface area contributed by atoms with E-state index >= 15 is 0 Å². The number of hydrogen-bond acceptors (Lipinski definition) is 5. The number of aliphatic imine (C=N–C) groups is 1. The molecule has 2 heterocycles. The number of carbonyl (C=O) groups excluding carboxylic acids is 2. The Morgan fingerprint density at radius 2 is 1.88 bits per heavy atom. The van der Waals surface area contributed by atoms with Crippen LogP contribution in [0.1, 0.15) is 90.9 Å². The number of rotatable bonds is 7. The summed E-state index contributed by atoms with van der Waals surface area (Å²) in [5.74, 6) is 1.68. The molecule has 1 saturated carbocycles. The first-order valence-corrected chi connectivity index (χ1v) is 13.0. The van der Waals surface area contributed by atoms with Crippen molar-refractivity contribution in [3.05, 3.63) is 11.2 Å². The third kappa shape index (κ3) is 7.50. The van der Waals surface area contributed by atoms with Crippen molar-refractivity contribution in [3.8, 4) is 0 Å². The maximum Gasteiger partial charge on any atom is 0.229 e. The van der Waals surface area contributed by atoms with Crippen molar-refractivity contribution in [2.24, 2.45) is 16.3 Å². The van der Waals surface area contributed by atoms with Crippen molar-refractivity contribution in [2.45, 2.75) is 90.9 Å². The molecule has 6 nitrogen and oxygen atoms in total. The number of hydrogen-bond donors (Lipinski definition) is 1. The Bertz CT molecular complexity index is 705. The van der Waals surface area contributed by atoms with Crippen LogP contribution in [0.4, 0.5) is 0 Å². The lowest BCUT2D eigenvalue weighted by Crippen LogP contribution is -2.38. The second kappa shape index (κ2) is 12.1. The minimum absolute atomic E-state index is 0.0305. The molecule has 0 aromatic rings. The molecule has 1 aliphatic carbocycles. The van der Waals surface area contributed by atoms with Gasteiger partial charge in [-0.1, -0.05) is 44.2 Å². The first-order chi connectivity index (χ1) is 15.4. The number of halogens is 1. The molecule has 32 heavy (non-hydrogen) atoms. The van der Waals surface area contributed by atoms with Crippen LogP contribution >= 0.6 is 11.6 Å². The Morgan fingerprint density at radius 1 is 1.19 bits per heavy atom. The molecule has 0 spiro atoms. The molecular weight excluding hydrogens is 424 g/mol. The highest BCUT2D eigenvalue weighted by Crippen LogP contribution is 2.40. The highest BCUT2D eigenvalue weighted by molar-refractivity contribution is 6.31. The van der Waals surface area contributed by atoms with Gasteiger partial charge in [0.25, 0.3) is 0 Å². The molecule has 3 aliphatic rings. The van der Waals surface area contributed by atoms with Gasteiger partial charge in [0.2, 0.25) is 11.8 Å². The molecule has 2 fully saturated rings. The first kappa shape index (κ1) is 25.1. The van der Waals surface area contributed by atoms with E-state index in [0.717, 1.165) is 50.5 Å². The maximum atomic E-state index is 12.8. The van der Waals surface area contributed by atoms with Gasteiger partial charge in [-0.2, -0.15) is 0 Å². The van der Waals surface area contributed by atoms with E-state index in [2.05, 4.69) is 22.1 Å². The molecule has 2 aliphatic heterocycles. The Morgan fingerprint density at radius 3 is 2.50 bits per heavy atom. The van der Waals surface area contributed by atoms with Gasteiger partial charge in [-0.05, 0) is 56.3 Å². The minimum Gasteiger partial charge on any atom is -0.357 e. The standard InChI is InChI=1S/C25H41ClN4O2/c1-20(31)30(24(32)18-25(2)12-4-5-13-25)16-6-3-9-21-10-7-14-29(15-8-11-21)23-17-22(26)27-19-28-23/h17,21,27H,3-16,18-19H2,1-2H3. The summed E-state index contributed by atoms with van der Waals surface area (Å²) in [6.45, 7) is 6.93. The molecule has 0 aromatic heterocycles. The third-order valence-corrected chi connectivity index (χ3v) is 7.71. The Labute approximate surface area is 198 Å². The minimum atomic E-state index is -0.0994. The van der Waals surface area contributed by atoms with Gasteiger partial charge >= 0.3 is 0 Å². The molecule has 2 amide bonds. The van der Waals surface area contributed by atoms with Crippen LogP contribution in [0.2, 0.25) is 0 Å². The fraction of sp³-hybridized carbons (Fsp3) is 0.800. The third-order valence-electron chi connectivity index (χ3n) is 7.46. The smallest absolute Gasteiger partial charge is 0.229 e. The molecule has 0 aromatic carbocycles. The van der Waals surface area contributed by atoms with Crippen molar-refractivity contribution in [1.29, 1.82) is 0 Å². The van der Waals surface area contributed by atoms with E-state index in [1.807, 2.05) is 6.08 Å².